The van der Waals surface area contributed by atoms with E-state index in [9.17, 15) is 9.59 Å². The molecule has 2 aliphatic heterocycles. The Hall–Kier alpha value is -2.63. The number of hydrogen-bond acceptors (Lipinski definition) is 3. The van der Waals surface area contributed by atoms with Crippen LogP contribution in [0.2, 0.25) is 0 Å². The molecule has 2 amide bonds. The Labute approximate surface area is 114 Å². The zero-order valence-corrected chi connectivity index (χ0v) is 10.8. The molecule has 100 valence electrons. The van der Waals surface area contributed by atoms with Crippen LogP contribution in [-0.4, -0.2) is 22.0 Å². The molecule has 3 heterocycles. The summed E-state index contributed by atoms with van der Waals surface area (Å²) in [6.45, 7) is 1.97. The van der Waals surface area contributed by atoms with Crippen LogP contribution in [-0.2, 0) is 15.0 Å². The van der Waals surface area contributed by atoms with Crippen LogP contribution in [0.3, 0.4) is 0 Å². The van der Waals surface area contributed by atoms with E-state index < -0.39 is 5.41 Å². The molecule has 4 rings (SSSR count). The number of benzene rings is 1. The zero-order chi connectivity index (χ0) is 13.9. The van der Waals surface area contributed by atoms with Gasteiger partial charge in [0.25, 0.3) is 0 Å². The highest BCUT2D eigenvalue weighted by Gasteiger charge is 2.53. The van der Waals surface area contributed by atoms with E-state index in [0.717, 1.165) is 22.4 Å². The van der Waals surface area contributed by atoms with E-state index in [1.807, 2.05) is 25.1 Å². The number of fused-ring (bicyclic) bond motifs is 4. The summed E-state index contributed by atoms with van der Waals surface area (Å²) < 4.78 is 0. The summed E-state index contributed by atoms with van der Waals surface area (Å²) in [4.78, 5) is 24.6. The number of carbonyl (C=O) groups excluding carboxylic acids is 2. The summed E-state index contributed by atoms with van der Waals surface area (Å²) in [5.41, 5.74) is 2.42. The minimum Gasteiger partial charge on any atom is -0.325 e. The topological polar surface area (TPSA) is 86.9 Å². The number of aromatic nitrogens is 2. The first-order valence-electron chi connectivity index (χ1n) is 6.37. The minimum absolute atomic E-state index is 0.0990. The van der Waals surface area contributed by atoms with Gasteiger partial charge in [0.05, 0.1) is 6.20 Å². The Morgan fingerprint density at radius 3 is 2.90 bits per heavy atom. The number of aromatic amines is 1. The number of aryl methyl sites for hydroxylation is 1. The fourth-order valence-electron chi connectivity index (χ4n) is 3.14. The van der Waals surface area contributed by atoms with Gasteiger partial charge in [-0.15, -0.1) is 0 Å². The molecule has 0 saturated heterocycles. The number of carbonyl (C=O) groups is 2. The third-order valence-electron chi connectivity index (χ3n) is 4.06. The van der Waals surface area contributed by atoms with Gasteiger partial charge < -0.3 is 10.6 Å². The first-order valence-corrected chi connectivity index (χ1v) is 6.37. The van der Waals surface area contributed by atoms with Gasteiger partial charge in [-0.3, -0.25) is 14.7 Å². The second kappa shape index (κ2) is 3.47. The number of amides is 2. The Morgan fingerprint density at radius 1 is 1.20 bits per heavy atom. The predicted molar refractivity (Wildman–Crippen MR) is 72.4 cm³/mol. The molecule has 1 aromatic carbocycles. The molecular weight excluding hydrogens is 256 g/mol. The van der Waals surface area contributed by atoms with Gasteiger partial charge in [0, 0.05) is 17.7 Å². The fraction of sp³-hybridized carbons (Fsp3) is 0.214. The summed E-state index contributed by atoms with van der Waals surface area (Å²) in [6, 6.07) is 5.78. The maximum Gasteiger partial charge on any atom is 0.240 e. The highest BCUT2D eigenvalue weighted by molar-refractivity contribution is 6.14. The molecule has 6 heteroatoms. The van der Waals surface area contributed by atoms with Crippen molar-refractivity contribution in [2.45, 2.75) is 18.8 Å². The van der Waals surface area contributed by atoms with Crippen LogP contribution >= 0.6 is 0 Å². The van der Waals surface area contributed by atoms with Crippen molar-refractivity contribution in [2.24, 2.45) is 0 Å². The lowest BCUT2D eigenvalue weighted by Gasteiger charge is -2.30. The molecule has 3 N–H and O–H groups in total. The van der Waals surface area contributed by atoms with E-state index in [1.54, 1.807) is 6.20 Å². The first kappa shape index (κ1) is 11.2. The van der Waals surface area contributed by atoms with Crippen molar-refractivity contribution in [3.05, 3.63) is 41.1 Å². The molecule has 0 fully saturated rings. The Morgan fingerprint density at radius 2 is 2.05 bits per heavy atom. The Bertz CT molecular complexity index is 764. The van der Waals surface area contributed by atoms with E-state index in [1.165, 1.54) is 0 Å². The van der Waals surface area contributed by atoms with Crippen molar-refractivity contribution in [3.63, 3.8) is 0 Å². The largest absolute Gasteiger partial charge is 0.325 e. The molecule has 6 nitrogen and oxygen atoms in total. The van der Waals surface area contributed by atoms with Gasteiger partial charge in [0.1, 0.15) is 11.2 Å². The van der Waals surface area contributed by atoms with Crippen LogP contribution in [0.1, 0.15) is 23.1 Å². The van der Waals surface area contributed by atoms with Crippen molar-refractivity contribution in [3.8, 4) is 0 Å². The summed E-state index contributed by atoms with van der Waals surface area (Å²) in [5.74, 6) is 0.146. The summed E-state index contributed by atoms with van der Waals surface area (Å²) in [6.07, 6.45) is 1.72. The van der Waals surface area contributed by atoms with E-state index in [-0.39, 0.29) is 18.2 Å². The lowest BCUT2D eigenvalue weighted by atomic mass is 9.71. The van der Waals surface area contributed by atoms with Gasteiger partial charge in [-0.1, -0.05) is 17.7 Å². The molecular formula is C14H12N4O2. The number of H-pyrrole nitrogens is 1. The average molecular weight is 268 g/mol. The van der Waals surface area contributed by atoms with Gasteiger partial charge in [0.2, 0.25) is 11.8 Å². The number of anilines is 2. The van der Waals surface area contributed by atoms with Crippen LogP contribution in [0.15, 0.2) is 24.4 Å². The van der Waals surface area contributed by atoms with Crippen LogP contribution in [0, 0.1) is 6.92 Å². The molecule has 0 aliphatic carbocycles. The number of hydrogen-bond donors (Lipinski definition) is 3. The third-order valence-corrected chi connectivity index (χ3v) is 4.06. The quantitative estimate of drug-likeness (QED) is 0.673. The summed E-state index contributed by atoms with van der Waals surface area (Å²) in [7, 11) is 0. The van der Waals surface area contributed by atoms with Crippen LogP contribution < -0.4 is 10.6 Å². The van der Waals surface area contributed by atoms with Gasteiger partial charge >= 0.3 is 0 Å². The number of nitrogens with zero attached hydrogens (tertiary/aromatic N) is 1. The maximum atomic E-state index is 12.6. The molecule has 2 aliphatic rings. The Balaban J connectivity index is 2.05. The molecule has 0 radical (unpaired) electrons. The van der Waals surface area contributed by atoms with Gasteiger partial charge in [-0.05, 0) is 18.6 Å². The molecule has 0 bridgehead atoms. The molecule has 20 heavy (non-hydrogen) atoms. The van der Waals surface area contributed by atoms with Crippen molar-refractivity contribution < 1.29 is 9.59 Å². The monoisotopic (exact) mass is 268 g/mol. The lowest BCUT2D eigenvalue weighted by molar-refractivity contribution is -0.125. The Kier molecular flexibility index (Phi) is 1.95. The molecule has 0 saturated carbocycles. The van der Waals surface area contributed by atoms with Crippen molar-refractivity contribution in [1.82, 2.24) is 10.2 Å². The molecule has 2 aromatic rings. The lowest BCUT2D eigenvalue weighted by Crippen LogP contribution is -2.43. The molecule has 1 aromatic heterocycles. The smallest absolute Gasteiger partial charge is 0.240 e. The highest BCUT2D eigenvalue weighted by Crippen LogP contribution is 2.49. The standard InChI is InChI=1S/C14H12N4O2/c1-7-2-3-10-8(4-7)14(13(20)16-10)5-11(19)17-12-9(14)6-15-18-12/h2-4,6H,5H2,1H3,(H,16,20)(H2,15,17,18,19)/t14-/m0/s1. The van der Waals surface area contributed by atoms with Crippen molar-refractivity contribution >= 4 is 23.3 Å². The molecule has 1 spiro atoms. The summed E-state index contributed by atoms with van der Waals surface area (Å²) in [5, 5.41) is 12.3. The second-order valence-electron chi connectivity index (χ2n) is 5.29. The van der Waals surface area contributed by atoms with Crippen LogP contribution in [0.5, 0.6) is 0 Å². The SMILES string of the molecule is Cc1ccc2c(c1)[C@]1(CC(=O)Nc3[nH]ncc31)C(=O)N2. The predicted octanol–water partition coefficient (Wildman–Crippen LogP) is 1.30. The molecule has 0 unspecified atom stereocenters. The van der Waals surface area contributed by atoms with Crippen molar-refractivity contribution in [1.29, 1.82) is 0 Å². The van der Waals surface area contributed by atoms with E-state index >= 15 is 0 Å². The first-order chi connectivity index (χ1) is 9.61. The average Bonchev–Trinajstić information content (AvgIpc) is 2.96. The maximum absolute atomic E-state index is 12.6. The molecule has 1 atom stereocenters. The van der Waals surface area contributed by atoms with Crippen LogP contribution in [0.25, 0.3) is 0 Å². The summed E-state index contributed by atoms with van der Waals surface area (Å²) >= 11 is 0. The number of nitrogens with one attached hydrogen (secondary N) is 3. The van der Waals surface area contributed by atoms with E-state index in [0.29, 0.717) is 5.82 Å². The van der Waals surface area contributed by atoms with Gasteiger partial charge in [-0.2, -0.15) is 5.10 Å². The van der Waals surface area contributed by atoms with Gasteiger partial charge in [-0.25, -0.2) is 0 Å². The minimum atomic E-state index is -0.966. The normalized spacial score (nSPS) is 23.2. The zero-order valence-electron chi connectivity index (χ0n) is 10.8. The van der Waals surface area contributed by atoms with Crippen molar-refractivity contribution in [2.75, 3.05) is 10.6 Å². The highest BCUT2D eigenvalue weighted by atomic mass is 16.2. The van der Waals surface area contributed by atoms with E-state index in [4.69, 9.17) is 0 Å². The fourth-order valence-corrected chi connectivity index (χ4v) is 3.14. The second-order valence-corrected chi connectivity index (χ2v) is 5.29. The van der Waals surface area contributed by atoms with E-state index in [2.05, 4.69) is 20.8 Å². The number of rotatable bonds is 0. The van der Waals surface area contributed by atoms with Crippen LogP contribution in [0.4, 0.5) is 11.5 Å². The third kappa shape index (κ3) is 1.20. The van der Waals surface area contributed by atoms with Gasteiger partial charge in [0.15, 0.2) is 0 Å².